The van der Waals surface area contributed by atoms with E-state index in [-0.39, 0.29) is 0 Å². The van der Waals surface area contributed by atoms with Crippen molar-refractivity contribution >= 4 is 0 Å². The van der Waals surface area contributed by atoms with Gasteiger partial charge in [-0.25, -0.2) is 5.32 Å². The van der Waals surface area contributed by atoms with Gasteiger partial charge in [0, 0.05) is 13.1 Å². The molecule has 0 aromatic carbocycles. The number of hydrogen-bond donors (Lipinski definition) is 0. The minimum atomic E-state index is 0.773. The van der Waals surface area contributed by atoms with Crippen LogP contribution in [0.25, 0.3) is 0 Å². The second kappa shape index (κ2) is 1.99. The molecule has 0 spiro atoms. The van der Waals surface area contributed by atoms with Crippen LogP contribution in [0.4, 0.5) is 0 Å². The van der Waals surface area contributed by atoms with Crippen LogP contribution in [0.15, 0.2) is 23.8 Å². The van der Waals surface area contributed by atoms with Crippen molar-refractivity contribution in [1.82, 2.24) is 5.32 Å². The molecule has 1 atom stereocenters. The van der Waals surface area contributed by atoms with Crippen molar-refractivity contribution in [2.24, 2.45) is 5.92 Å². The van der Waals surface area contributed by atoms with Gasteiger partial charge >= 0.3 is 0 Å². The van der Waals surface area contributed by atoms with Gasteiger partial charge < -0.3 is 0 Å². The van der Waals surface area contributed by atoms with E-state index in [0.29, 0.717) is 0 Å². The van der Waals surface area contributed by atoms with Gasteiger partial charge in [-0.3, -0.25) is 0 Å². The van der Waals surface area contributed by atoms with Gasteiger partial charge in [-0.2, -0.15) is 0 Å². The molecule has 0 bridgehead atoms. The van der Waals surface area contributed by atoms with Gasteiger partial charge in [-0.05, 0) is 12.3 Å². The smallest absolute Gasteiger partial charge is 0.0350 e. The third-order valence-corrected chi connectivity index (χ3v) is 2.04. The first-order valence-electron chi connectivity index (χ1n) is 3.45. The third kappa shape index (κ3) is 0.815. The summed E-state index contributed by atoms with van der Waals surface area (Å²) in [4.78, 5) is 0. The zero-order chi connectivity index (χ0) is 6.10. The fourth-order valence-corrected chi connectivity index (χ4v) is 1.45. The van der Waals surface area contributed by atoms with Crippen LogP contribution >= 0.6 is 0 Å². The molecule has 9 heavy (non-hydrogen) atoms. The summed E-state index contributed by atoms with van der Waals surface area (Å²) in [5.41, 5.74) is 1.54. The molecule has 1 nitrogen and oxygen atoms in total. The monoisotopic (exact) mass is 120 g/mol. The molecule has 0 aromatic heterocycles. The summed E-state index contributed by atoms with van der Waals surface area (Å²) >= 11 is 0. The molecule has 2 rings (SSSR count). The Morgan fingerprint density at radius 2 is 2.56 bits per heavy atom. The van der Waals surface area contributed by atoms with Crippen molar-refractivity contribution in [3.63, 3.8) is 0 Å². The van der Waals surface area contributed by atoms with Gasteiger partial charge in [0.25, 0.3) is 0 Å². The van der Waals surface area contributed by atoms with E-state index in [1.54, 1.807) is 0 Å². The minimum absolute atomic E-state index is 0.773. The lowest BCUT2D eigenvalue weighted by Gasteiger charge is -2.09. The van der Waals surface area contributed by atoms with Crippen LogP contribution < -0.4 is 5.32 Å². The topological polar surface area (TPSA) is 14.1 Å². The van der Waals surface area contributed by atoms with Crippen molar-refractivity contribution in [3.05, 3.63) is 23.8 Å². The molecule has 0 aromatic rings. The first-order valence-corrected chi connectivity index (χ1v) is 3.45. The van der Waals surface area contributed by atoms with Gasteiger partial charge in [-0.1, -0.05) is 23.8 Å². The number of allylic oxidation sites excluding steroid dienone is 3. The molecule has 1 saturated heterocycles. The molecule has 1 radical (unpaired) electrons. The standard InChI is InChI=1S/C8H10N/c1-2-4-8-6-9-5-7(8)3-1/h1-3,8H,4-6H2. The molecular weight excluding hydrogens is 110 g/mol. The van der Waals surface area contributed by atoms with Gasteiger partial charge in [0.2, 0.25) is 0 Å². The molecule has 1 heterocycles. The van der Waals surface area contributed by atoms with Gasteiger partial charge in [0.1, 0.15) is 0 Å². The zero-order valence-electron chi connectivity index (χ0n) is 5.38. The largest absolute Gasteiger partial charge is 0.237 e. The van der Waals surface area contributed by atoms with E-state index in [9.17, 15) is 0 Å². The lowest BCUT2D eigenvalue weighted by Crippen LogP contribution is -2.03. The SMILES string of the molecule is C1=CCC2C[N]CC2=C1. The summed E-state index contributed by atoms with van der Waals surface area (Å²) < 4.78 is 0. The molecule has 0 saturated carbocycles. The van der Waals surface area contributed by atoms with Crippen molar-refractivity contribution in [2.75, 3.05) is 13.1 Å². The normalized spacial score (nSPS) is 32.0. The summed E-state index contributed by atoms with van der Waals surface area (Å²) in [6.07, 6.45) is 7.81. The van der Waals surface area contributed by atoms with Crippen LogP contribution in [0, 0.1) is 5.92 Å². The first kappa shape index (κ1) is 5.24. The maximum atomic E-state index is 4.32. The Bertz CT molecular complexity index is 167. The van der Waals surface area contributed by atoms with Crippen LogP contribution in [0.3, 0.4) is 0 Å². The Balaban J connectivity index is 2.23. The van der Waals surface area contributed by atoms with Crippen molar-refractivity contribution in [1.29, 1.82) is 0 Å². The maximum Gasteiger partial charge on any atom is 0.0350 e. The Labute approximate surface area is 55.5 Å². The van der Waals surface area contributed by atoms with Crippen molar-refractivity contribution < 1.29 is 0 Å². The van der Waals surface area contributed by atoms with Crippen molar-refractivity contribution in [3.8, 4) is 0 Å². The highest BCUT2D eigenvalue weighted by Crippen LogP contribution is 2.23. The Morgan fingerprint density at radius 1 is 1.56 bits per heavy atom. The lowest BCUT2D eigenvalue weighted by molar-refractivity contribution is 0.653. The second-order valence-corrected chi connectivity index (χ2v) is 2.67. The molecule has 1 aliphatic heterocycles. The van der Waals surface area contributed by atoms with Crippen LogP contribution in [0.2, 0.25) is 0 Å². The Hall–Kier alpha value is -0.560. The maximum absolute atomic E-state index is 4.32. The summed E-state index contributed by atoms with van der Waals surface area (Å²) in [6.45, 7) is 2.06. The van der Waals surface area contributed by atoms with E-state index < -0.39 is 0 Å². The summed E-state index contributed by atoms with van der Waals surface area (Å²) in [5, 5.41) is 4.32. The quantitative estimate of drug-likeness (QED) is 0.454. The molecule has 0 N–H and O–H groups in total. The highest BCUT2D eigenvalue weighted by atomic mass is 14.9. The Morgan fingerprint density at radius 3 is 3.44 bits per heavy atom. The van der Waals surface area contributed by atoms with E-state index in [0.717, 1.165) is 19.0 Å². The Kier molecular flexibility index (Phi) is 1.16. The molecule has 0 amide bonds. The van der Waals surface area contributed by atoms with E-state index in [1.165, 1.54) is 12.0 Å². The fourth-order valence-electron chi connectivity index (χ4n) is 1.45. The molecule has 2 aliphatic rings. The van der Waals surface area contributed by atoms with E-state index >= 15 is 0 Å². The van der Waals surface area contributed by atoms with Crippen LogP contribution in [0.1, 0.15) is 6.42 Å². The van der Waals surface area contributed by atoms with E-state index in [2.05, 4.69) is 23.5 Å². The van der Waals surface area contributed by atoms with Crippen LogP contribution in [-0.2, 0) is 0 Å². The van der Waals surface area contributed by atoms with Crippen LogP contribution in [0.5, 0.6) is 0 Å². The molecule has 1 fully saturated rings. The minimum Gasteiger partial charge on any atom is -0.237 e. The van der Waals surface area contributed by atoms with E-state index in [4.69, 9.17) is 0 Å². The average Bonchev–Trinajstić information content (AvgIpc) is 2.33. The van der Waals surface area contributed by atoms with Gasteiger partial charge in [0.05, 0.1) is 0 Å². The molecule has 1 heteroatoms. The summed E-state index contributed by atoms with van der Waals surface area (Å²) in [6, 6.07) is 0. The lowest BCUT2D eigenvalue weighted by atomic mass is 9.95. The predicted molar refractivity (Wildman–Crippen MR) is 37.2 cm³/mol. The first-order chi connectivity index (χ1) is 4.47. The average molecular weight is 120 g/mol. The van der Waals surface area contributed by atoms with Crippen LogP contribution in [-0.4, -0.2) is 13.1 Å². The highest BCUT2D eigenvalue weighted by Gasteiger charge is 2.20. The summed E-state index contributed by atoms with van der Waals surface area (Å²) in [5.74, 6) is 0.773. The molecule has 47 valence electrons. The third-order valence-electron chi connectivity index (χ3n) is 2.04. The fraction of sp³-hybridized carbons (Fsp3) is 0.500. The number of nitrogens with zero attached hydrogens (tertiary/aromatic N) is 1. The highest BCUT2D eigenvalue weighted by molar-refractivity contribution is 5.24. The number of hydrogen-bond acceptors (Lipinski definition) is 0. The van der Waals surface area contributed by atoms with Crippen molar-refractivity contribution in [2.45, 2.75) is 6.42 Å². The molecular formula is C8H10N. The van der Waals surface area contributed by atoms with E-state index in [1.807, 2.05) is 0 Å². The number of rotatable bonds is 0. The van der Waals surface area contributed by atoms with Gasteiger partial charge in [-0.15, -0.1) is 0 Å². The number of fused-ring (bicyclic) bond motifs is 1. The second-order valence-electron chi connectivity index (χ2n) is 2.67. The summed E-state index contributed by atoms with van der Waals surface area (Å²) in [7, 11) is 0. The zero-order valence-corrected chi connectivity index (χ0v) is 5.38. The molecule has 1 unspecified atom stereocenters. The van der Waals surface area contributed by atoms with Gasteiger partial charge in [0.15, 0.2) is 0 Å². The molecule has 1 aliphatic carbocycles. The predicted octanol–water partition coefficient (Wildman–Crippen LogP) is 1.11.